The van der Waals surface area contributed by atoms with Crippen molar-refractivity contribution in [1.82, 2.24) is 0 Å². The van der Waals surface area contributed by atoms with Gasteiger partial charge in [0, 0.05) is 22.5 Å². The predicted molar refractivity (Wildman–Crippen MR) is 89.8 cm³/mol. The van der Waals surface area contributed by atoms with Gasteiger partial charge >= 0.3 is 0 Å². The van der Waals surface area contributed by atoms with Gasteiger partial charge in [-0.25, -0.2) is 0 Å². The number of benzene rings is 2. The molecule has 2 rings (SSSR count). The molecule has 0 unspecified atom stereocenters. The average molecular weight is 372 g/mol. The fourth-order valence-corrected chi connectivity index (χ4v) is 3.74. The summed E-state index contributed by atoms with van der Waals surface area (Å²) in [6.45, 7) is 3.16. The molecule has 0 amide bonds. The summed E-state index contributed by atoms with van der Waals surface area (Å²) in [6, 6.07) is 4.78. The van der Waals surface area contributed by atoms with Crippen molar-refractivity contribution in [3.8, 4) is 11.1 Å². The van der Waals surface area contributed by atoms with Gasteiger partial charge in [-0.1, -0.05) is 6.07 Å². The first-order chi connectivity index (χ1) is 10.8. The Hall–Kier alpha value is -2.14. The van der Waals surface area contributed by atoms with Crippen molar-refractivity contribution in [2.75, 3.05) is 11.5 Å². The number of nitrogens with two attached hydrogens (primary N) is 2. The fraction of sp³-hybridized carbons (Fsp3) is 0.143. The van der Waals surface area contributed by atoms with Crippen LogP contribution in [0.1, 0.15) is 11.1 Å². The van der Waals surface area contributed by atoms with Crippen molar-refractivity contribution >= 4 is 31.6 Å². The van der Waals surface area contributed by atoms with Crippen LogP contribution in [0.4, 0.5) is 11.4 Å². The minimum atomic E-state index is -4.72. The van der Waals surface area contributed by atoms with E-state index >= 15 is 0 Å². The molecule has 2 aromatic rings. The third kappa shape index (κ3) is 3.22. The van der Waals surface area contributed by atoms with Crippen LogP contribution < -0.4 is 11.5 Å². The van der Waals surface area contributed by atoms with E-state index in [1.54, 1.807) is 13.8 Å². The molecule has 130 valence electrons. The van der Waals surface area contributed by atoms with Crippen molar-refractivity contribution in [1.29, 1.82) is 0 Å². The highest BCUT2D eigenvalue weighted by Gasteiger charge is 2.26. The van der Waals surface area contributed by atoms with E-state index in [1.165, 1.54) is 12.1 Å². The zero-order valence-corrected chi connectivity index (χ0v) is 14.4. The summed E-state index contributed by atoms with van der Waals surface area (Å²) in [5, 5.41) is 0. The van der Waals surface area contributed by atoms with Crippen LogP contribution in [0.2, 0.25) is 0 Å². The van der Waals surface area contributed by atoms with Gasteiger partial charge in [-0.05, 0) is 43.2 Å². The summed E-state index contributed by atoms with van der Waals surface area (Å²) < 4.78 is 65.6. The summed E-state index contributed by atoms with van der Waals surface area (Å²) in [4.78, 5) is -1.17. The maximum absolute atomic E-state index is 11.7. The van der Waals surface area contributed by atoms with E-state index in [1.807, 2.05) is 0 Å². The minimum Gasteiger partial charge on any atom is -0.398 e. The first-order valence-electron chi connectivity index (χ1n) is 6.58. The Morgan fingerprint density at radius 3 is 1.88 bits per heavy atom. The zero-order chi connectivity index (χ0) is 18.4. The summed E-state index contributed by atoms with van der Waals surface area (Å²) in [5.74, 6) is 0. The molecular weight excluding hydrogens is 356 g/mol. The van der Waals surface area contributed by atoms with E-state index in [9.17, 15) is 25.9 Å². The van der Waals surface area contributed by atoms with Crippen LogP contribution >= 0.6 is 0 Å². The Bertz CT molecular complexity index is 1040. The van der Waals surface area contributed by atoms with E-state index in [2.05, 4.69) is 0 Å². The third-order valence-electron chi connectivity index (χ3n) is 3.62. The Balaban J connectivity index is 3.08. The molecule has 10 heteroatoms. The van der Waals surface area contributed by atoms with Gasteiger partial charge in [-0.2, -0.15) is 16.8 Å². The van der Waals surface area contributed by atoms with Gasteiger partial charge in [-0.15, -0.1) is 0 Å². The number of nitrogen functional groups attached to an aromatic ring is 2. The largest absolute Gasteiger partial charge is 0.398 e. The Labute approximate surface area is 139 Å². The molecule has 2 aromatic carbocycles. The van der Waals surface area contributed by atoms with Gasteiger partial charge in [0.2, 0.25) is 0 Å². The molecule has 0 aromatic heterocycles. The number of aryl methyl sites for hydroxylation is 2. The van der Waals surface area contributed by atoms with Crippen LogP contribution in [0, 0.1) is 13.8 Å². The van der Waals surface area contributed by atoms with Crippen molar-refractivity contribution in [2.24, 2.45) is 0 Å². The molecule has 0 aliphatic carbocycles. The van der Waals surface area contributed by atoms with Crippen molar-refractivity contribution < 1.29 is 25.9 Å². The fourth-order valence-electron chi connectivity index (χ4n) is 2.31. The molecule has 0 spiro atoms. The SMILES string of the molecule is Cc1cc(-c2c(S(=O)(=O)O)ccc(C)c2N)c(S(=O)(=O)O)cc1N. The second-order valence-electron chi connectivity index (χ2n) is 5.32. The second kappa shape index (κ2) is 5.74. The van der Waals surface area contributed by atoms with E-state index in [4.69, 9.17) is 11.5 Å². The highest BCUT2D eigenvalue weighted by molar-refractivity contribution is 7.86. The lowest BCUT2D eigenvalue weighted by molar-refractivity contribution is 0.480. The van der Waals surface area contributed by atoms with Crippen LogP contribution in [-0.4, -0.2) is 25.9 Å². The molecule has 0 radical (unpaired) electrons. The molecule has 0 saturated carbocycles. The molecule has 0 aliphatic rings. The molecule has 0 aliphatic heterocycles. The number of anilines is 2. The van der Waals surface area contributed by atoms with Gasteiger partial charge in [0.25, 0.3) is 20.2 Å². The molecular formula is C14H16N2O6S2. The Morgan fingerprint density at radius 2 is 1.38 bits per heavy atom. The number of rotatable bonds is 3. The Morgan fingerprint density at radius 1 is 0.833 bits per heavy atom. The van der Waals surface area contributed by atoms with Crippen LogP contribution in [0.5, 0.6) is 0 Å². The quantitative estimate of drug-likeness (QED) is 0.467. The predicted octanol–water partition coefficient (Wildman–Crippen LogP) is 1.63. The molecule has 8 nitrogen and oxygen atoms in total. The lowest BCUT2D eigenvalue weighted by Gasteiger charge is -2.17. The van der Waals surface area contributed by atoms with Gasteiger partial charge in [0.15, 0.2) is 0 Å². The molecule has 0 saturated heterocycles. The van der Waals surface area contributed by atoms with Gasteiger partial charge in [0.1, 0.15) is 9.79 Å². The first-order valence-corrected chi connectivity index (χ1v) is 9.46. The molecule has 0 fully saturated rings. The monoisotopic (exact) mass is 372 g/mol. The minimum absolute atomic E-state index is 0.0424. The lowest BCUT2D eigenvalue weighted by Crippen LogP contribution is -2.09. The standard InChI is InChI=1S/C14H16N2O6S2/c1-7-3-4-11(23(17,18)19)13(14(7)16)9-5-8(2)10(15)6-12(9)24(20,21)22/h3-6H,15-16H2,1-2H3,(H,17,18,19)(H,20,21,22). The smallest absolute Gasteiger partial charge is 0.295 e. The van der Waals surface area contributed by atoms with Crippen LogP contribution in [0.3, 0.4) is 0 Å². The maximum Gasteiger partial charge on any atom is 0.295 e. The summed E-state index contributed by atoms with van der Waals surface area (Å²) in [6.07, 6.45) is 0. The van der Waals surface area contributed by atoms with Crippen molar-refractivity contribution in [3.05, 3.63) is 35.4 Å². The van der Waals surface area contributed by atoms with Crippen LogP contribution in [-0.2, 0) is 20.2 Å². The topological polar surface area (TPSA) is 161 Å². The molecule has 24 heavy (non-hydrogen) atoms. The summed E-state index contributed by atoms with van der Waals surface area (Å²) in [7, 11) is -9.42. The first kappa shape index (κ1) is 18.2. The highest BCUT2D eigenvalue weighted by Crippen LogP contribution is 2.39. The van der Waals surface area contributed by atoms with Gasteiger partial charge < -0.3 is 11.5 Å². The van der Waals surface area contributed by atoms with E-state index in [-0.39, 0.29) is 22.5 Å². The normalized spacial score (nSPS) is 12.3. The van der Waals surface area contributed by atoms with Crippen LogP contribution in [0.25, 0.3) is 11.1 Å². The molecule has 0 atom stereocenters. The van der Waals surface area contributed by atoms with Crippen LogP contribution in [0.15, 0.2) is 34.1 Å². The Kier molecular flexibility index (Phi) is 4.35. The van der Waals surface area contributed by atoms with E-state index in [0.717, 1.165) is 12.1 Å². The van der Waals surface area contributed by atoms with Crippen molar-refractivity contribution in [2.45, 2.75) is 23.6 Å². The number of hydrogen-bond acceptors (Lipinski definition) is 6. The molecule has 0 heterocycles. The lowest BCUT2D eigenvalue weighted by atomic mass is 9.98. The molecule has 0 bridgehead atoms. The van der Waals surface area contributed by atoms with E-state index in [0.29, 0.717) is 11.1 Å². The molecule has 6 N–H and O–H groups in total. The summed E-state index contributed by atoms with van der Waals surface area (Å²) >= 11 is 0. The van der Waals surface area contributed by atoms with Gasteiger partial charge in [0.05, 0.1) is 0 Å². The highest BCUT2D eigenvalue weighted by atomic mass is 32.2. The van der Waals surface area contributed by atoms with E-state index < -0.39 is 30.0 Å². The zero-order valence-electron chi connectivity index (χ0n) is 12.8. The maximum atomic E-state index is 11.7. The number of hydrogen-bond donors (Lipinski definition) is 4. The second-order valence-corrected chi connectivity index (χ2v) is 8.10. The van der Waals surface area contributed by atoms with Crippen molar-refractivity contribution in [3.63, 3.8) is 0 Å². The average Bonchev–Trinajstić information content (AvgIpc) is 2.42. The summed E-state index contributed by atoms with van der Waals surface area (Å²) in [5.41, 5.74) is 12.2. The third-order valence-corrected chi connectivity index (χ3v) is 5.41. The van der Waals surface area contributed by atoms with Gasteiger partial charge in [-0.3, -0.25) is 9.11 Å².